The molecular weight excluding hydrogens is 296 g/mol. The van der Waals surface area contributed by atoms with Crippen LogP contribution in [0, 0.1) is 0 Å². The van der Waals surface area contributed by atoms with Crippen LogP contribution in [-0.4, -0.2) is 48.7 Å². The standard InChI is InChI=1S/C9H8N2O6S2/c12-7-2-11(3-8(13)10-7)19(16,17)5-1-6(9(14)15)18-4-5/h1,4H,2-3H2,(H,14,15)(H,10,12,13). The average molecular weight is 304 g/mol. The van der Waals surface area contributed by atoms with E-state index in [0.29, 0.717) is 4.31 Å². The van der Waals surface area contributed by atoms with Gasteiger partial charge in [-0.25, -0.2) is 13.2 Å². The van der Waals surface area contributed by atoms with Crippen LogP contribution in [0.2, 0.25) is 0 Å². The van der Waals surface area contributed by atoms with Gasteiger partial charge in [0.2, 0.25) is 21.8 Å². The highest BCUT2D eigenvalue weighted by molar-refractivity contribution is 7.89. The number of rotatable bonds is 3. The second-order valence-electron chi connectivity index (χ2n) is 3.70. The lowest BCUT2D eigenvalue weighted by molar-refractivity contribution is -0.134. The zero-order valence-corrected chi connectivity index (χ0v) is 11.0. The van der Waals surface area contributed by atoms with Crippen LogP contribution < -0.4 is 5.32 Å². The minimum atomic E-state index is -4.04. The van der Waals surface area contributed by atoms with E-state index in [1.165, 1.54) is 0 Å². The van der Waals surface area contributed by atoms with Crippen molar-refractivity contribution < 1.29 is 27.9 Å². The second-order valence-corrected chi connectivity index (χ2v) is 6.55. The minimum Gasteiger partial charge on any atom is -0.477 e. The lowest BCUT2D eigenvalue weighted by Crippen LogP contribution is -2.53. The summed E-state index contributed by atoms with van der Waals surface area (Å²) in [6.07, 6.45) is 0. The monoisotopic (exact) mass is 304 g/mol. The molecule has 1 fully saturated rings. The van der Waals surface area contributed by atoms with E-state index in [1.807, 2.05) is 5.32 Å². The topological polar surface area (TPSA) is 121 Å². The van der Waals surface area contributed by atoms with Crippen molar-refractivity contribution in [2.75, 3.05) is 13.1 Å². The molecule has 1 aromatic heterocycles. The van der Waals surface area contributed by atoms with Gasteiger partial charge in [-0.05, 0) is 6.07 Å². The normalized spacial score (nSPS) is 17.3. The van der Waals surface area contributed by atoms with Gasteiger partial charge in [-0.3, -0.25) is 14.9 Å². The number of carboxylic acid groups (broad SMARTS) is 1. The number of carboxylic acids is 1. The Bertz CT molecular complexity index is 646. The second kappa shape index (κ2) is 4.72. The number of carbonyl (C=O) groups is 3. The number of thiophene rings is 1. The molecule has 0 saturated carbocycles. The molecule has 0 atom stereocenters. The SMILES string of the molecule is O=C1CN(S(=O)(=O)c2csc(C(=O)O)c2)CC(=O)N1. The zero-order valence-electron chi connectivity index (χ0n) is 9.32. The van der Waals surface area contributed by atoms with E-state index in [9.17, 15) is 22.8 Å². The van der Waals surface area contributed by atoms with Crippen molar-refractivity contribution in [3.8, 4) is 0 Å². The van der Waals surface area contributed by atoms with Gasteiger partial charge in [0.25, 0.3) is 0 Å². The Labute approximate surface area is 111 Å². The summed E-state index contributed by atoms with van der Waals surface area (Å²) in [6.45, 7) is -0.932. The Balaban J connectivity index is 2.33. The zero-order chi connectivity index (χ0) is 14.2. The lowest BCUT2D eigenvalue weighted by atomic mass is 10.4. The Morgan fingerprint density at radius 2 is 1.89 bits per heavy atom. The molecule has 1 saturated heterocycles. The molecule has 2 heterocycles. The summed E-state index contributed by atoms with van der Waals surface area (Å²) in [6, 6.07) is 0.999. The Morgan fingerprint density at radius 3 is 2.37 bits per heavy atom. The van der Waals surface area contributed by atoms with Crippen molar-refractivity contribution in [2.24, 2.45) is 0 Å². The van der Waals surface area contributed by atoms with E-state index in [0.717, 1.165) is 22.8 Å². The molecule has 0 aromatic carbocycles. The van der Waals surface area contributed by atoms with Gasteiger partial charge < -0.3 is 5.11 Å². The highest BCUT2D eigenvalue weighted by atomic mass is 32.2. The molecule has 8 nitrogen and oxygen atoms in total. The molecule has 2 N–H and O–H groups in total. The van der Waals surface area contributed by atoms with Gasteiger partial charge in [0.05, 0.1) is 18.0 Å². The quantitative estimate of drug-likeness (QED) is 0.698. The van der Waals surface area contributed by atoms with Gasteiger partial charge in [-0.2, -0.15) is 4.31 Å². The van der Waals surface area contributed by atoms with Crippen LogP contribution in [-0.2, 0) is 19.6 Å². The fourth-order valence-corrected chi connectivity index (χ4v) is 3.95. The summed E-state index contributed by atoms with van der Waals surface area (Å²) in [5.74, 6) is -2.67. The molecule has 2 amide bonds. The number of piperazine rings is 1. The summed E-state index contributed by atoms with van der Waals surface area (Å²) in [5, 5.41) is 11.9. The van der Waals surface area contributed by atoms with Gasteiger partial charge in [-0.1, -0.05) is 0 Å². The maximum atomic E-state index is 12.1. The van der Waals surface area contributed by atoms with Crippen LogP contribution in [0.1, 0.15) is 9.67 Å². The average Bonchev–Trinajstić information content (AvgIpc) is 2.77. The van der Waals surface area contributed by atoms with E-state index in [-0.39, 0.29) is 9.77 Å². The summed E-state index contributed by atoms with van der Waals surface area (Å²) >= 11 is 0.759. The largest absolute Gasteiger partial charge is 0.477 e. The van der Waals surface area contributed by atoms with Crippen LogP contribution in [0.15, 0.2) is 16.3 Å². The van der Waals surface area contributed by atoms with E-state index < -0.39 is 40.9 Å². The van der Waals surface area contributed by atoms with Crippen LogP contribution in [0.5, 0.6) is 0 Å². The van der Waals surface area contributed by atoms with Crippen molar-refractivity contribution in [2.45, 2.75) is 4.90 Å². The first-order chi connectivity index (χ1) is 8.80. The first kappa shape index (κ1) is 13.6. The summed E-state index contributed by atoms with van der Waals surface area (Å²) in [7, 11) is -4.04. The number of sulfonamides is 1. The number of imide groups is 1. The molecule has 1 aromatic rings. The van der Waals surface area contributed by atoms with Gasteiger partial charge in [0, 0.05) is 5.38 Å². The summed E-state index contributed by atoms with van der Waals surface area (Å²) in [5.41, 5.74) is 0. The highest BCUT2D eigenvalue weighted by Gasteiger charge is 2.33. The van der Waals surface area contributed by atoms with Gasteiger partial charge in [-0.15, -0.1) is 11.3 Å². The lowest BCUT2D eigenvalue weighted by Gasteiger charge is -2.24. The number of aromatic carboxylic acids is 1. The third-order valence-corrected chi connectivity index (χ3v) is 5.18. The van der Waals surface area contributed by atoms with Crippen molar-refractivity contribution in [1.82, 2.24) is 9.62 Å². The molecule has 1 aliphatic heterocycles. The molecule has 0 aliphatic carbocycles. The van der Waals surface area contributed by atoms with Crippen LogP contribution in [0.4, 0.5) is 0 Å². The van der Waals surface area contributed by atoms with Crippen molar-refractivity contribution in [3.05, 3.63) is 16.3 Å². The van der Waals surface area contributed by atoms with E-state index in [4.69, 9.17) is 5.11 Å². The molecule has 19 heavy (non-hydrogen) atoms. The third-order valence-electron chi connectivity index (χ3n) is 2.34. The smallest absolute Gasteiger partial charge is 0.345 e. The van der Waals surface area contributed by atoms with Crippen molar-refractivity contribution in [1.29, 1.82) is 0 Å². The van der Waals surface area contributed by atoms with Crippen LogP contribution in [0.3, 0.4) is 0 Å². The fourth-order valence-electron chi connectivity index (χ4n) is 1.50. The van der Waals surface area contributed by atoms with Gasteiger partial charge in [0.1, 0.15) is 4.88 Å². The molecule has 102 valence electrons. The molecule has 10 heteroatoms. The molecule has 2 rings (SSSR count). The minimum absolute atomic E-state index is 0.133. The highest BCUT2D eigenvalue weighted by Crippen LogP contribution is 2.23. The van der Waals surface area contributed by atoms with E-state index >= 15 is 0 Å². The molecule has 0 spiro atoms. The fraction of sp³-hybridized carbons (Fsp3) is 0.222. The van der Waals surface area contributed by atoms with Crippen molar-refractivity contribution >= 4 is 39.1 Å². The molecule has 0 bridgehead atoms. The maximum absolute atomic E-state index is 12.1. The molecule has 1 aliphatic rings. The van der Waals surface area contributed by atoms with E-state index in [2.05, 4.69) is 0 Å². The van der Waals surface area contributed by atoms with Crippen LogP contribution >= 0.6 is 11.3 Å². The number of carbonyl (C=O) groups excluding carboxylic acids is 2. The van der Waals surface area contributed by atoms with Crippen molar-refractivity contribution in [3.63, 3.8) is 0 Å². The van der Waals surface area contributed by atoms with Crippen LogP contribution in [0.25, 0.3) is 0 Å². The maximum Gasteiger partial charge on any atom is 0.345 e. The molecule has 0 unspecified atom stereocenters. The van der Waals surface area contributed by atoms with Gasteiger partial charge in [0.15, 0.2) is 0 Å². The molecular formula is C9H8N2O6S2. The predicted octanol–water partition coefficient (Wildman–Crippen LogP) is -0.907. The summed E-state index contributed by atoms with van der Waals surface area (Å²) < 4.78 is 25.0. The Hall–Kier alpha value is -1.78. The number of nitrogens with zero attached hydrogens (tertiary/aromatic N) is 1. The van der Waals surface area contributed by atoms with E-state index in [1.54, 1.807) is 0 Å². The Morgan fingerprint density at radius 1 is 1.32 bits per heavy atom. The van der Waals surface area contributed by atoms with Gasteiger partial charge >= 0.3 is 5.97 Å². The number of amides is 2. The third kappa shape index (κ3) is 2.64. The number of nitrogens with one attached hydrogen (secondary N) is 1. The Kier molecular flexibility index (Phi) is 3.39. The molecule has 0 radical (unpaired) electrons. The first-order valence-electron chi connectivity index (χ1n) is 4.95. The first-order valence-corrected chi connectivity index (χ1v) is 7.27. The number of hydrogen-bond donors (Lipinski definition) is 2. The summed E-state index contributed by atoms with van der Waals surface area (Å²) in [4.78, 5) is 32.6. The predicted molar refractivity (Wildman–Crippen MR) is 63.2 cm³/mol. The number of hydrogen-bond acceptors (Lipinski definition) is 6.